The summed E-state index contributed by atoms with van der Waals surface area (Å²) in [5.41, 5.74) is 3.17. The summed E-state index contributed by atoms with van der Waals surface area (Å²) in [5.74, 6) is -0.291. The first-order valence-corrected chi connectivity index (χ1v) is 9.31. The fourth-order valence-electron chi connectivity index (χ4n) is 2.56. The van der Waals surface area contributed by atoms with E-state index in [4.69, 9.17) is 0 Å². The van der Waals surface area contributed by atoms with Gasteiger partial charge in [0.15, 0.2) is 0 Å². The Labute approximate surface area is 160 Å². The molecule has 1 N–H and O–H groups in total. The smallest absolute Gasteiger partial charge is 0.251 e. The minimum atomic E-state index is -2.52. The van der Waals surface area contributed by atoms with Gasteiger partial charge >= 0.3 is 0 Å². The van der Waals surface area contributed by atoms with Crippen molar-refractivity contribution >= 4 is 28.5 Å². The van der Waals surface area contributed by atoms with E-state index in [-0.39, 0.29) is 5.91 Å². The molecule has 1 amide bonds. The number of hydrogen-bond donors (Lipinski definition) is 1. The fraction of sp³-hybridized carbons (Fsp3) is 0.100. The van der Waals surface area contributed by atoms with Gasteiger partial charge in [0, 0.05) is 24.5 Å². The summed E-state index contributed by atoms with van der Waals surface area (Å²) in [6.07, 6.45) is 3.34. The average Bonchev–Trinajstić information content (AvgIpc) is 2.68. The Bertz CT molecular complexity index is 946. The summed E-state index contributed by atoms with van der Waals surface area (Å²) in [5, 5.41) is 2.81. The van der Waals surface area contributed by atoms with E-state index in [2.05, 4.69) is 10.3 Å². The molecule has 27 heavy (non-hydrogen) atoms. The third kappa shape index (κ3) is 4.78. The van der Waals surface area contributed by atoms with Crippen LogP contribution in [0.2, 0.25) is 0 Å². The zero-order valence-corrected chi connectivity index (χ0v) is 15.5. The van der Waals surface area contributed by atoms with Gasteiger partial charge in [-0.3, -0.25) is 18.3 Å². The number of nitrogens with one attached hydrogen (secondary N) is 1. The highest BCUT2D eigenvalue weighted by Gasteiger charge is 2.13. The lowest BCUT2D eigenvalue weighted by Crippen LogP contribution is -2.24. The summed E-state index contributed by atoms with van der Waals surface area (Å²) < 4.78 is 24.7. The maximum atomic E-state index is 12.4. The van der Waals surface area contributed by atoms with E-state index in [9.17, 15) is 13.6 Å². The summed E-state index contributed by atoms with van der Waals surface area (Å²) >= 11 is -2.52. The number of pyridine rings is 1. The third-order valence-electron chi connectivity index (χ3n) is 3.94. The van der Waals surface area contributed by atoms with E-state index in [0.717, 1.165) is 15.4 Å². The standard InChI is InChI=1S/C20H19N3O3S/c1-15-7-9-18(10-8-15)23(27(25)26)19-6-2-5-17(12-19)20(24)22-14-16-4-3-11-21-13-16/h2-13H,14H2,1H3,(H,22,24)(H,25,26)/p-1. The molecular weight excluding hydrogens is 362 g/mol. The highest BCUT2D eigenvalue weighted by molar-refractivity contribution is 7.81. The van der Waals surface area contributed by atoms with E-state index in [1.807, 2.05) is 25.1 Å². The number of benzene rings is 2. The first-order chi connectivity index (χ1) is 13.0. The fourth-order valence-corrected chi connectivity index (χ4v) is 3.14. The number of rotatable bonds is 6. The van der Waals surface area contributed by atoms with Crippen LogP contribution in [-0.4, -0.2) is 19.7 Å². The molecule has 1 unspecified atom stereocenters. The number of carbonyl (C=O) groups excluding carboxylic acids is 1. The summed E-state index contributed by atoms with van der Waals surface area (Å²) in [6, 6.07) is 17.3. The summed E-state index contributed by atoms with van der Waals surface area (Å²) in [6.45, 7) is 2.27. The minimum Gasteiger partial charge on any atom is -0.755 e. The average molecular weight is 380 g/mol. The highest BCUT2D eigenvalue weighted by Crippen LogP contribution is 2.27. The van der Waals surface area contributed by atoms with Crippen LogP contribution >= 0.6 is 0 Å². The van der Waals surface area contributed by atoms with Crippen LogP contribution in [0.4, 0.5) is 11.4 Å². The normalized spacial score (nSPS) is 11.6. The molecule has 0 aliphatic carbocycles. The Hall–Kier alpha value is -3.03. The molecule has 0 radical (unpaired) electrons. The van der Waals surface area contributed by atoms with Gasteiger partial charge in [-0.2, -0.15) is 0 Å². The Morgan fingerprint density at radius 1 is 1.11 bits per heavy atom. The van der Waals surface area contributed by atoms with E-state index in [1.165, 1.54) is 0 Å². The molecule has 1 aromatic heterocycles. The number of amides is 1. The van der Waals surface area contributed by atoms with Crippen LogP contribution in [0, 0.1) is 6.92 Å². The second-order valence-corrected chi connectivity index (χ2v) is 6.74. The lowest BCUT2D eigenvalue weighted by molar-refractivity contribution is 0.0951. The number of aromatic nitrogens is 1. The molecule has 0 bridgehead atoms. The Morgan fingerprint density at radius 3 is 2.56 bits per heavy atom. The van der Waals surface area contributed by atoms with Gasteiger partial charge in [0.2, 0.25) is 0 Å². The maximum absolute atomic E-state index is 12.4. The molecule has 0 spiro atoms. The first kappa shape index (κ1) is 18.8. The largest absolute Gasteiger partial charge is 0.755 e. The SMILES string of the molecule is Cc1ccc(N(c2cccc(C(=O)NCc3cccnc3)c2)S(=O)[O-])cc1. The van der Waals surface area contributed by atoms with Crippen molar-refractivity contribution in [3.8, 4) is 0 Å². The Balaban J connectivity index is 1.81. The van der Waals surface area contributed by atoms with Crippen molar-refractivity contribution in [2.45, 2.75) is 13.5 Å². The molecular formula is C20H18N3O3S-. The highest BCUT2D eigenvalue weighted by atomic mass is 32.2. The second-order valence-electron chi connectivity index (χ2n) is 5.94. The second kappa shape index (κ2) is 8.57. The molecule has 3 rings (SSSR count). The Morgan fingerprint density at radius 2 is 1.89 bits per heavy atom. The van der Waals surface area contributed by atoms with Crippen LogP contribution in [0.5, 0.6) is 0 Å². The van der Waals surface area contributed by atoms with Crippen molar-refractivity contribution in [3.05, 3.63) is 89.7 Å². The van der Waals surface area contributed by atoms with Gasteiger partial charge in [-0.05, 0) is 48.9 Å². The lowest BCUT2D eigenvalue weighted by atomic mass is 10.1. The lowest BCUT2D eigenvalue weighted by Gasteiger charge is -2.27. The van der Waals surface area contributed by atoms with Crippen LogP contribution in [0.3, 0.4) is 0 Å². The number of aryl methyl sites for hydroxylation is 1. The molecule has 1 atom stereocenters. The number of anilines is 2. The van der Waals surface area contributed by atoms with Crippen LogP contribution in [0.1, 0.15) is 21.5 Å². The van der Waals surface area contributed by atoms with E-state index in [0.29, 0.717) is 23.5 Å². The van der Waals surface area contributed by atoms with Crippen LogP contribution in [0.15, 0.2) is 73.1 Å². The minimum absolute atomic E-state index is 0.291. The predicted octanol–water partition coefficient (Wildman–Crippen LogP) is 3.25. The van der Waals surface area contributed by atoms with Gasteiger partial charge in [0.1, 0.15) is 0 Å². The van der Waals surface area contributed by atoms with Gasteiger partial charge < -0.3 is 9.87 Å². The summed E-state index contributed by atoms with van der Waals surface area (Å²) in [7, 11) is 0. The van der Waals surface area contributed by atoms with E-state index in [1.54, 1.807) is 54.9 Å². The van der Waals surface area contributed by atoms with Gasteiger partial charge in [-0.15, -0.1) is 0 Å². The summed E-state index contributed by atoms with van der Waals surface area (Å²) in [4.78, 5) is 16.4. The zero-order chi connectivity index (χ0) is 19.2. The van der Waals surface area contributed by atoms with Crippen molar-refractivity contribution in [2.24, 2.45) is 0 Å². The van der Waals surface area contributed by atoms with Crippen LogP contribution in [-0.2, 0) is 17.8 Å². The number of nitrogens with zero attached hydrogens (tertiary/aromatic N) is 2. The van der Waals surface area contributed by atoms with Crippen LogP contribution < -0.4 is 9.62 Å². The molecule has 0 saturated heterocycles. The number of carbonyl (C=O) groups is 1. The maximum Gasteiger partial charge on any atom is 0.251 e. The molecule has 3 aromatic rings. The van der Waals surface area contributed by atoms with Gasteiger partial charge in [0.05, 0.1) is 22.6 Å². The molecule has 0 aliphatic heterocycles. The van der Waals surface area contributed by atoms with E-state index < -0.39 is 11.3 Å². The Kier molecular flexibility index (Phi) is 5.95. The molecule has 0 saturated carbocycles. The monoisotopic (exact) mass is 380 g/mol. The molecule has 0 fully saturated rings. The van der Waals surface area contributed by atoms with Gasteiger partial charge in [-0.1, -0.05) is 29.8 Å². The molecule has 1 heterocycles. The topological polar surface area (TPSA) is 85.4 Å². The van der Waals surface area contributed by atoms with Crippen molar-refractivity contribution in [1.82, 2.24) is 10.3 Å². The van der Waals surface area contributed by atoms with Crippen molar-refractivity contribution in [1.29, 1.82) is 0 Å². The van der Waals surface area contributed by atoms with E-state index >= 15 is 0 Å². The zero-order valence-electron chi connectivity index (χ0n) is 14.7. The molecule has 6 nitrogen and oxygen atoms in total. The quantitative estimate of drug-likeness (QED) is 0.665. The van der Waals surface area contributed by atoms with Crippen molar-refractivity contribution < 1.29 is 13.6 Å². The first-order valence-electron chi connectivity index (χ1n) is 8.28. The number of hydrogen-bond acceptors (Lipinski definition) is 4. The molecule has 7 heteroatoms. The van der Waals surface area contributed by atoms with Crippen molar-refractivity contribution in [3.63, 3.8) is 0 Å². The molecule has 2 aromatic carbocycles. The van der Waals surface area contributed by atoms with Crippen LogP contribution in [0.25, 0.3) is 0 Å². The molecule has 138 valence electrons. The predicted molar refractivity (Wildman–Crippen MR) is 104 cm³/mol. The van der Waals surface area contributed by atoms with Gasteiger partial charge in [0.25, 0.3) is 5.91 Å². The molecule has 0 aliphatic rings. The van der Waals surface area contributed by atoms with Gasteiger partial charge in [-0.25, -0.2) is 0 Å². The van der Waals surface area contributed by atoms with Crippen molar-refractivity contribution in [2.75, 3.05) is 4.31 Å². The third-order valence-corrected chi connectivity index (χ3v) is 4.66.